The van der Waals surface area contributed by atoms with Crippen molar-refractivity contribution in [1.29, 1.82) is 0 Å². The van der Waals surface area contributed by atoms with E-state index in [9.17, 15) is 14.4 Å². The molecule has 0 aromatic rings. The minimum absolute atomic E-state index is 0.0838. The Morgan fingerprint density at radius 1 is 0.256 bits per heavy atom. The van der Waals surface area contributed by atoms with E-state index in [1.54, 1.807) is 0 Å². The van der Waals surface area contributed by atoms with Crippen molar-refractivity contribution >= 4 is 17.9 Å². The van der Waals surface area contributed by atoms with Crippen molar-refractivity contribution in [2.75, 3.05) is 13.2 Å². The topological polar surface area (TPSA) is 78.9 Å². The number of allylic oxidation sites excluding steroid dienone is 16. The van der Waals surface area contributed by atoms with Crippen LogP contribution in [0.3, 0.4) is 0 Å². The number of carbonyl (C=O) groups is 3. The summed E-state index contributed by atoms with van der Waals surface area (Å²) in [5, 5.41) is 0. The maximum Gasteiger partial charge on any atom is 0.306 e. The van der Waals surface area contributed by atoms with E-state index in [2.05, 4.69) is 118 Å². The van der Waals surface area contributed by atoms with Crippen molar-refractivity contribution in [1.82, 2.24) is 0 Å². The SMILES string of the molecule is CC/C=C\C/C=C\C/C=C\CCCCCCCCCC(=O)OC(COC(=O)CCCCCCC/C=C\C/C=C\CCCC)COC(=O)CCCCCCCCCCCCCCCCCCCC/C=C\C/C=C\C/C=C\CCCCCCC. The van der Waals surface area contributed by atoms with Crippen LogP contribution in [-0.4, -0.2) is 37.2 Å². The molecule has 82 heavy (non-hydrogen) atoms. The van der Waals surface area contributed by atoms with Crippen molar-refractivity contribution in [2.24, 2.45) is 0 Å². The number of ether oxygens (including phenoxy) is 3. The van der Waals surface area contributed by atoms with Gasteiger partial charge in [0.15, 0.2) is 6.10 Å². The first-order valence-electron chi connectivity index (χ1n) is 35.2. The van der Waals surface area contributed by atoms with E-state index in [1.807, 2.05) is 0 Å². The normalized spacial score (nSPS) is 12.7. The number of hydrogen-bond donors (Lipinski definition) is 0. The maximum atomic E-state index is 12.9. The minimum atomic E-state index is -0.790. The summed E-state index contributed by atoms with van der Waals surface area (Å²) in [4.78, 5) is 38.4. The number of unbranched alkanes of at least 4 members (excludes halogenated alkanes) is 37. The fraction of sp³-hybridized carbons (Fsp3) is 0.750. The van der Waals surface area contributed by atoms with Crippen LogP contribution < -0.4 is 0 Å². The highest BCUT2D eigenvalue weighted by Crippen LogP contribution is 2.17. The molecule has 0 heterocycles. The standard InChI is InChI=1S/C76H132O6/c1-4-7-10-13-16-19-22-25-28-30-31-32-33-34-35-36-37-38-39-40-41-42-43-44-45-47-48-51-54-57-60-63-66-69-75(78)81-72-73(71-80-74(77)68-65-62-59-56-53-50-27-24-21-18-15-12-9-6-3)82-76(79)70-67-64-61-58-55-52-49-46-29-26-23-20-17-14-11-8-5-2/h8,11,15,17-18,20,22,24-27,29-31,33-34,73H,4-7,9-10,12-14,16,19,21,23,28,32,35-72H2,1-3H3/b11-8-,18-15-,20-17-,25-22-,27-24-,29-26-,31-30-,34-33-. The predicted octanol–water partition coefficient (Wildman–Crippen LogP) is 24.4. The van der Waals surface area contributed by atoms with Gasteiger partial charge in [-0.3, -0.25) is 14.4 Å². The summed E-state index contributed by atoms with van der Waals surface area (Å²) >= 11 is 0. The van der Waals surface area contributed by atoms with Crippen molar-refractivity contribution in [3.05, 3.63) is 97.2 Å². The van der Waals surface area contributed by atoms with Crippen molar-refractivity contribution in [3.8, 4) is 0 Å². The van der Waals surface area contributed by atoms with Crippen LogP contribution in [0.1, 0.15) is 348 Å². The second kappa shape index (κ2) is 69.8. The Labute approximate surface area is 508 Å². The molecule has 1 unspecified atom stereocenters. The Balaban J connectivity index is 4.19. The number of hydrogen-bond acceptors (Lipinski definition) is 6. The number of carbonyl (C=O) groups excluding carboxylic acids is 3. The van der Waals surface area contributed by atoms with E-state index in [-0.39, 0.29) is 31.1 Å². The Hall–Kier alpha value is -3.67. The highest BCUT2D eigenvalue weighted by Gasteiger charge is 2.19. The number of esters is 3. The van der Waals surface area contributed by atoms with E-state index < -0.39 is 6.10 Å². The van der Waals surface area contributed by atoms with Crippen LogP contribution in [0.25, 0.3) is 0 Å². The monoisotopic (exact) mass is 1140 g/mol. The zero-order valence-corrected chi connectivity index (χ0v) is 54.2. The lowest BCUT2D eigenvalue weighted by atomic mass is 10.0. The smallest absolute Gasteiger partial charge is 0.306 e. The molecule has 1 atom stereocenters. The molecule has 0 bridgehead atoms. The molecule has 0 aliphatic carbocycles. The van der Waals surface area contributed by atoms with Crippen LogP contribution in [0, 0.1) is 0 Å². The van der Waals surface area contributed by atoms with Crippen LogP contribution in [0.15, 0.2) is 97.2 Å². The number of rotatable bonds is 64. The summed E-state index contributed by atoms with van der Waals surface area (Å²) in [5.41, 5.74) is 0. The van der Waals surface area contributed by atoms with Gasteiger partial charge in [0.2, 0.25) is 0 Å². The molecule has 6 heteroatoms. The Morgan fingerprint density at radius 2 is 0.488 bits per heavy atom. The molecule has 0 fully saturated rings. The van der Waals surface area contributed by atoms with Gasteiger partial charge >= 0.3 is 17.9 Å². The fourth-order valence-corrected chi connectivity index (χ4v) is 10.0. The fourth-order valence-electron chi connectivity index (χ4n) is 10.0. The van der Waals surface area contributed by atoms with Gasteiger partial charge in [0.05, 0.1) is 0 Å². The van der Waals surface area contributed by atoms with Gasteiger partial charge in [-0.15, -0.1) is 0 Å². The molecule has 472 valence electrons. The zero-order valence-electron chi connectivity index (χ0n) is 54.2. The lowest BCUT2D eigenvalue weighted by Gasteiger charge is -2.18. The van der Waals surface area contributed by atoms with Gasteiger partial charge < -0.3 is 14.2 Å². The molecule has 0 radical (unpaired) electrons. The van der Waals surface area contributed by atoms with Crippen LogP contribution in [0.5, 0.6) is 0 Å². The summed E-state index contributed by atoms with van der Waals surface area (Å²) in [6.45, 7) is 6.49. The van der Waals surface area contributed by atoms with E-state index in [0.29, 0.717) is 19.3 Å². The van der Waals surface area contributed by atoms with Gasteiger partial charge in [-0.25, -0.2) is 0 Å². The van der Waals surface area contributed by atoms with Crippen LogP contribution in [0.2, 0.25) is 0 Å². The lowest BCUT2D eigenvalue weighted by molar-refractivity contribution is -0.167. The first-order chi connectivity index (χ1) is 40.5. The average molecular weight is 1140 g/mol. The molecule has 6 nitrogen and oxygen atoms in total. The largest absolute Gasteiger partial charge is 0.462 e. The van der Waals surface area contributed by atoms with Gasteiger partial charge in [-0.1, -0.05) is 311 Å². The lowest BCUT2D eigenvalue weighted by Crippen LogP contribution is -2.30. The molecular formula is C76H132O6. The molecule has 0 amide bonds. The molecule has 0 rings (SSSR count). The summed E-state index contributed by atoms with van der Waals surface area (Å²) in [6, 6.07) is 0. The van der Waals surface area contributed by atoms with Gasteiger partial charge in [0.25, 0.3) is 0 Å². The second-order valence-electron chi connectivity index (χ2n) is 23.4. The van der Waals surface area contributed by atoms with E-state index >= 15 is 0 Å². The Bertz CT molecular complexity index is 1590. The third-order valence-electron chi connectivity index (χ3n) is 15.3. The third kappa shape index (κ3) is 67.1. The van der Waals surface area contributed by atoms with Crippen molar-refractivity contribution in [3.63, 3.8) is 0 Å². The quantitative estimate of drug-likeness (QED) is 0.0261. The van der Waals surface area contributed by atoms with Crippen molar-refractivity contribution in [2.45, 2.75) is 354 Å². The molecule has 0 spiro atoms. The molecule has 0 aliphatic rings. The average Bonchev–Trinajstić information content (AvgIpc) is 3.48. The minimum Gasteiger partial charge on any atom is -0.462 e. The van der Waals surface area contributed by atoms with Gasteiger partial charge in [0.1, 0.15) is 13.2 Å². The van der Waals surface area contributed by atoms with Crippen molar-refractivity contribution < 1.29 is 28.6 Å². The molecule has 0 saturated heterocycles. The second-order valence-corrected chi connectivity index (χ2v) is 23.4. The highest BCUT2D eigenvalue weighted by molar-refractivity contribution is 5.71. The molecule has 0 aromatic carbocycles. The molecule has 0 aliphatic heterocycles. The van der Waals surface area contributed by atoms with Gasteiger partial charge in [0, 0.05) is 19.3 Å². The van der Waals surface area contributed by atoms with Crippen LogP contribution in [0.4, 0.5) is 0 Å². The summed E-state index contributed by atoms with van der Waals surface area (Å²) < 4.78 is 16.9. The molecule has 0 N–H and O–H groups in total. The maximum absolute atomic E-state index is 12.9. The summed E-state index contributed by atoms with van der Waals surface area (Å²) in [5.74, 6) is -0.894. The Kier molecular flexibility index (Phi) is 66.7. The first-order valence-corrected chi connectivity index (χ1v) is 35.2. The van der Waals surface area contributed by atoms with Crippen LogP contribution in [-0.2, 0) is 28.6 Å². The predicted molar refractivity (Wildman–Crippen MR) is 357 cm³/mol. The molecular weight excluding hydrogens is 1010 g/mol. The summed E-state index contributed by atoms with van der Waals surface area (Å²) in [6.07, 6.45) is 94.4. The van der Waals surface area contributed by atoms with Gasteiger partial charge in [-0.05, 0) is 116 Å². The first kappa shape index (κ1) is 78.3. The summed E-state index contributed by atoms with van der Waals surface area (Å²) in [7, 11) is 0. The van der Waals surface area contributed by atoms with E-state index in [0.717, 1.165) is 116 Å². The van der Waals surface area contributed by atoms with Crippen LogP contribution >= 0.6 is 0 Å². The zero-order chi connectivity index (χ0) is 59.2. The third-order valence-corrected chi connectivity index (χ3v) is 15.3. The molecule has 0 aromatic heterocycles. The molecule has 0 saturated carbocycles. The van der Waals surface area contributed by atoms with Gasteiger partial charge in [-0.2, -0.15) is 0 Å². The van der Waals surface area contributed by atoms with E-state index in [4.69, 9.17) is 14.2 Å². The van der Waals surface area contributed by atoms with E-state index in [1.165, 1.54) is 193 Å². The highest BCUT2D eigenvalue weighted by atomic mass is 16.6. The Morgan fingerprint density at radius 3 is 0.780 bits per heavy atom.